The molecule has 2 N–H and O–H groups in total. The number of amides is 1. The number of hydrogen-bond donors (Lipinski definition) is 1. The van der Waals surface area contributed by atoms with Gasteiger partial charge in [-0.2, -0.15) is 0 Å². The van der Waals surface area contributed by atoms with Crippen LogP contribution in [0.3, 0.4) is 0 Å². The van der Waals surface area contributed by atoms with E-state index in [4.69, 9.17) is 5.73 Å². The number of carbonyl (C=O) groups excluding carboxylic acids is 1. The molecule has 0 atom stereocenters. The lowest BCUT2D eigenvalue weighted by molar-refractivity contribution is -0.116. The molecule has 1 amide bonds. The minimum Gasteiger partial charge on any atom is -0.369 e. The van der Waals surface area contributed by atoms with Gasteiger partial charge in [0.15, 0.2) is 0 Å². The van der Waals surface area contributed by atoms with E-state index in [0.717, 1.165) is 31.6 Å². The first-order chi connectivity index (χ1) is 4.30. The zero-order valence-corrected chi connectivity index (χ0v) is 5.52. The van der Waals surface area contributed by atoms with Gasteiger partial charge in [-0.1, -0.05) is 19.3 Å². The fraction of sp³-hybridized carbons (Fsp3) is 0.714. The van der Waals surface area contributed by atoms with Gasteiger partial charge in [-0.3, -0.25) is 4.79 Å². The number of rotatable bonds is 1. The maximum atomic E-state index is 10.5. The van der Waals surface area contributed by atoms with Gasteiger partial charge in [0.25, 0.3) is 0 Å². The van der Waals surface area contributed by atoms with E-state index in [2.05, 4.69) is 0 Å². The Morgan fingerprint density at radius 2 is 1.78 bits per heavy atom. The summed E-state index contributed by atoms with van der Waals surface area (Å²) in [6.45, 7) is 0. The summed E-state index contributed by atoms with van der Waals surface area (Å²) >= 11 is 0. The summed E-state index contributed by atoms with van der Waals surface area (Å²) in [7, 11) is 0. The first-order valence-electron chi connectivity index (χ1n) is 3.45. The Labute approximate surface area is 55.4 Å². The first kappa shape index (κ1) is 6.59. The lowest BCUT2D eigenvalue weighted by Gasteiger charge is -2.16. The van der Waals surface area contributed by atoms with Crippen LogP contribution in [-0.4, -0.2) is 5.91 Å². The van der Waals surface area contributed by atoms with E-state index in [1.165, 1.54) is 6.42 Å². The molecule has 0 aromatic carbocycles. The number of nitrogens with two attached hydrogens (primary N) is 1. The lowest BCUT2D eigenvalue weighted by Crippen LogP contribution is -2.22. The van der Waals surface area contributed by atoms with Crippen molar-refractivity contribution in [1.82, 2.24) is 0 Å². The van der Waals surface area contributed by atoms with E-state index >= 15 is 0 Å². The smallest absolute Gasteiger partial charge is 0.224 e. The molecule has 0 aromatic rings. The van der Waals surface area contributed by atoms with Crippen LogP contribution in [-0.2, 0) is 4.79 Å². The van der Waals surface area contributed by atoms with Crippen LogP contribution < -0.4 is 5.73 Å². The van der Waals surface area contributed by atoms with Gasteiger partial charge >= 0.3 is 0 Å². The Bertz CT molecular complexity index is 105. The molecule has 0 bridgehead atoms. The van der Waals surface area contributed by atoms with Gasteiger partial charge in [-0.25, -0.2) is 0 Å². The maximum absolute atomic E-state index is 10.5. The summed E-state index contributed by atoms with van der Waals surface area (Å²) in [6, 6.07) is 0. The van der Waals surface area contributed by atoms with Crippen molar-refractivity contribution in [1.29, 1.82) is 0 Å². The molecule has 9 heavy (non-hydrogen) atoms. The molecule has 51 valence electrons. The summed E-state index contributed by atoms with van der Waals surface area (Å²) in [5.74, 6) is 0.760. The van der Waals surface area contributed by atoms with Crippen LogP contribution in [0, 0.1) is 5.92 Å². The Kier molecular flexibility index (Phi) is 2.09. The van der Waals surface area contributed by atoms with Crippen LogP contribution in [0.15, 0.2) is 0 Å². The maximum Gasteiger partial charge on any atom is 0.224 e. The molecule has 0 spiro atoms. The molecule has 2 heteroatoms. The molecule has 1 saturated carbocycles. The molecule has 0 aromatic heterocycles. The molecule has 0 saturated heterocycles. The van der Waals surface area contributed by atoms with E-state index in [9.17, 15) is 4.79 Å². The van der Waals surface area contributed by atoms with Crippen molar-refractivity contribution in [3.8, 4) is 0 Å². The average molecular weight is 126 g/mol. The summed E-state index contributed by atoms with van der Waals surface area (Å²) in [4.78, 5) is 10.5. The zero-order chi connectivity index (χ0) is 6.69. The van der Waals surface area contributed by atoms with E-state index in [1.807, 2.05) is 0 Å². The molecule has 1 fully saturated rings. The SMILES string of the molecule is NC(=O)[C]1CCCCC1. The van der Waals surface area contributed by atoms with Gasteiger partial charge in [0.1, 0.15) is 0 Å². The van der Waals surface area contributed by atoms with Crippen molar-refractivity contribution >= 4 is 5.91 Å². The second-order valence-corrected chi connectivity index (χ2v) is 2.53. The van der Waals surface area contributed by atoms with Crippen molar-refractivity contribution in [2.45, 2.75) is 32.1 Å². The van der Waals surface area contributed by atoms with Crippen LogP contribution in [0.4, 0.5) is 0 Å². The topological polar surface area (TPSA) is 43.1 Å². The highest BCUT2D eigenvalue weighted by atomic mass is 16.1. The first-order valence-corrected chi connectivity index (χ1v) is 3.45. The number of primary amides is 1. The molecule has 0 aliphatic heterocycles. The molecule has 1 radical (unpaired) electrons. The third kappa shape index (κ3) is 1.70. The van der Waals surface area contributed by atoms with Gasteiger partial charge < -0.3 is 5.73 Å². The third-order valence-electron chi connectivity index (χ3n) is 1.81. The monoisotopic (exact) mass is 126 g/mol. The highest BCUT2D eigenvalue weighted by molar-refractivity contribution is 5.88. The Morgan fingerprint density at radius 3 is 2.11 bits per heavy atom. The molecule has 0 unspecified atom stereocenters. The molecule has 1 aliphatic carbocycles. The second-order valence-electron chi connectivity index (χ2n) is 2.53. The van der Waals surface area contributed by atoms with Crippen molar-refractivity contribution in [2.24, 2.45) is 5.73 Å². The highest BCUT2D eigenvalue weighted by Gasteiger charge is 2.18. The normalized spacial score (nSPS) is 21.8. The summed E-state index contributed by atoms with van der Waals surface area (Å²) in [6.07, 6.45) is 5.44. The summed E-state index contributed by atoms with van der Waals surface area (Å²) in [5, 5.41) is 0. The quantitative estimate of drug-likeness (QED) is 0.559. The fourth-order valence-electron chi connectivity index (χ4n) is 1.22. The Hall–Kier alpha value is -0.530. The highest BCUT2D eigenvalue weighted by Crippen LogP contribution is 2.24. The van der Waals surface area contributed by atoms with E-state index in [0.29, 0.717) is 0 Å². The molecule has 1 aliphatic rings. The summed E-state index contributed by atoms with van der Waals surface area (Å²) in [5.41, 5.74) is 5.09. The van der Waals surface area contributed by atoms with Gasteiger partial charge in [-0.05, 0) is 12.8 Å². The van der Waals surface area contributed by atoms with Crippen molar-refractivity contribution < 1.29 is 4.79 Å². The van der Waals surface area contributed by atoms with Crippen LogP contribution in [0.2, 0.25) is 0 Å². The summed E-state index contributed by atoms with van der Waals surface area (Å²) < 4.78 is 0. The Balaban J connectivity index is 2.31. The van der Waals surface area contributed by atoms with Crippen molar-refractivity contribution in [3.63, 3.8) is 0 Å². The van der Waals surface area contributed by atoms with Gasteiger partial charge in [0.2, 0.25) is 5.91 Å². The second kappa shape index (κ2) is 2.85. The van der Waals surface area contributed by atoms with Crippen LogP contribution >= 0.6 is 0 Å². The third-order valence-corrected chi connectivity index (χ3v) is 1.81. The standard InChI is InChI=1S/C7H12NO/c8-7(9)6-4-2-1-3-5-6/h1-5H2,(H2,8,9). The largest absolute Gasteiger partial charge is 0.369 e. The zero-order valence-electron chi connectivity index (χ0n) is 5.52. The lowest BCUT2D eigenvalue weighted by atomic mass is 9.89. The van der Waals surface area contributed by atoms with Crippen LogP contribution in [0.5, 0.6) is 0 Å². The minimum absolute atomic E-state index is 0.185. The Morgan fingerprint density at radius 1 is 1.22 bits per heavy atom. The van der Waals surface area contributed by atoms with Crippen molar-refractivity contribution in [3.05, 3.63) is 5.92 Å². The van der Waals surface area contributed by atoms with E-state index < -0.39 is 0 Å². The van der Waals surface area contributed by atoms with Gasteiger partial charge in [0, 0.05) is 0 Å². The van der Waals surface area contributed by atoms with Gasteiger partial charge in [-0.15, -0.1) is 0 Å². The average Bonchev–Trinajstić information content (AvgIpc) is 1.90. The van der Waals surface area contributed by atoms with Crippen LogP contribution in [0.1, 0.15) is 32.1 Å². The molecule has 0 heterocycles. The van der Waals surface area contributed by atoms with Gasteiger partial charge in [0.05, 0.1) is 5.92 Å². The van der Waals surface area contributed by atoms with Crippen LogP contribution in [0.25, 0.3) is 0 Å². The molecular weight excluding hydrogens is 114 g/mol. The fourth-order valence-corrected chi connectivity index (χ4v) is 1.22. The predicted molar refractivity (Wildman–Crippen MR) is 35.5 cm³/mol. The van der Waals surface area contributed by atoms with E-state index in [1.54, 1.807) is 0 Å². The predicted octanol–water partition coefficient (Wildman–Crippen LogP) is 1.01. The molecule has 1 rings (SSSR count). The van der Waals surface area contributed by atoms with Crippen molar-refractivity contribution in [2.75, 3.05) is 0 Å². The minimum atomic E-state index is -0.185. The number of carbonyl (C=O) groups is 1. The molecule has 2 nitrogen and oxygen atoms in total. The number of hydrogen-bond acceptors (Lipinski definition) is 1. The van der Waals surface area contributed by atoms with E-state index in [-0.39, 0.29) is 5.91 Å². The molecular formula is C7H12NO.